The number of sulfonamides is 1. The van der Waals surface area contributed by atoms with Gasteiger partial charge in [0.05, 0.1) is 11.3 Å². The normalized spacial score (nSPS) is 22.0. The van der Waals surface area contributed by atoms with E-state index >= 15 is 0 Å². The van der Waals surface area contributed by atoms with E-state index in [0.717, 1.165) is 56.7 Å². The first-order valence-corrected chi connectivity index (χ1v) is 13.1. The Labute approximate surface area is 206 Å². The second kappa shape index (κ2) is 9.11. The van der Waals surface area contributed by atoms with Crippen LogP contribution in [0.3, 0.4) is 0 Å². The SMILES string of the molecule is Cc1ccc(F)cc1-c1nc(NS(=O)(=O)c2cccc(C3CC[N@]4CC[C@H]3C4)n2)ccc1C(F)(F)F. The van der Waals surface area contributed by atoms with E-state index in [-0.39, 0.29) is 22.3 Å². The lowest BCUT2D eigenvalue weighted by atomic mass is 9.84. The zero-order chi connectivity index (χ0) is 25.7. The number of nitrogens with zero attached hydrogens (tertiary/aromatic N) is 3. The summed E-state index contributed by atoms with van der Waals surface area (Å²) in [7, 11) is -4.24. The minimum absolute atomic E-state index is 0.0774. The Morgan fingerprint density at radius 3 is 2.58 bits per heavy atom. The Bertz CT molecular complexity index is 1410. The average Bonchev–Trinajstić information content (AvgIpc) is 3.20. The predicted molar refractivity (Wildman–Crippen MR) is 126 cm³/mol. The molecule has 5 rings (SSSR count). The van der Waals surface area contributed by atoms with E-state index in [1.165, 1.54) is 19.1 Å². The van der Waals surface area contributed by atoms with E-state index in [1.54, 1.807) is 6.07 Å². The second-order valence-electron chi connectivity index (χ2n) is 9.30. The van der Waals surface area contributed by atoms with E-state index in [2.05, 4.69) is 19.6 Å². The highest BCUT2D eigenvalue weighted by molar-refractivity contribution is 7.92. The molecule has 4 heterocycles. The van der Waals surface area contributed by atoms with Crippen LogP contribution in [0.15, 0.2) is 53.6 Å². The molecule has 1 unspecified atom stereocenters. The molecule has 1 N–H and O–H groups in total. The fourth-order valence-corrected chi connectivity index (χ4v) is 6.09. The van der Waals surface area contributed by atoms with Gasteiger partial charge in [0.1, 0.15) is 11.6 Å². The van der Waals surface area contributed by atoms with Gasteiger partial charge >= 0.3 is 6.18 Å². The van der Waals surface area contributed by atoms with Crippen molar-refractivity contribution in [3.05, 3.63) is 71.2 Å². The molecule has 3 atom stereocenters. The molecule has 2 aliphatic rings. The summed E-state index contributed by atoms with van der Waals surface area (Å²) in [5, 5.41) is -0.231. The Hall–Kier alpha value is -3.05. The molecular weight excluding hydrogens is 496 g/mol. The standard InChI is InChI=1S/C25H24F4N4O2S/c1-15-5-6-17(26)13-19(15)24-20(25(27,28)29)7-8-22(31-24)32-36(34,35)23-4-2-3-21(30-23)18-10-12-33-11-9-16(18)14-33/h2-8,13,16,18H,9-12,14H2,1H3,(H,31,32)/t16-,18?/m0/s1. The quantitative estimate of drug-likeness (QED) is 0.467. The van der Waals surface area contributed by atoms with Gasteiger partial charge in [0.25, 0.3) is 10.0 Å². The van der Waals surface area contributed by atoms with Gasteiger partial charge in [-0.2, -0.15) is 21.6 Å². The molecule has 1 aromatic carbocycles. The zero-order valence-electron chi connectivity index (χ0n) is 19.4. The van der Waals surface area contributed by atoms with Crippen molar-refractivity contribution in [1.29, 1.82) is 0 Å². The molecule has 2 aliphatic heterocycles. The second-order valence-corrected chi connectivity index (χ2v) is 10.9. The number of anilines is 1. The van der Waals surface area contributed by atoms with Crippen LogP contribution < -0.4 is 4.72 Å². The van der Waals surface area contributed by atoms with Crippen molar-refractivity contribution in [2.45, 2.75) is 36.9 Å². The molecule has 2 bridgehead atoms. The van der Waals surface area contributed by atoms with E-state index < -0.39 is 33.3 Å². The van der Waals surface area contributed by atoms with Gasteiger partial charge in [-0.25, -0.2) is 14.4 Å². The number of hydrogen-bond acceptors (Lipinski definition) is 5. The first-order valence-electron chi connectivity index (χ1n) is 11.6. The van der Waals surface area contributed by atoms with Crippen LogP contribution in [0.2, 0.25) is 0 Å². The summed E-state index contributed by atoms with van der Waals surface area (Å²) in [6.07, 6.45) is -2.84. The highest BCUT2D eigenvalue weighted by atomic mass is 32.2. The summed E-state index contributed by atoms with van der Waals surface area (Å²) in [4.78, 5) is 10.8. The molecule has 0 amide bonds. The van der Waals surface area contributed by atoms with Gasteiger partial charge in [0.15, 0.2) is 5.03 Å². The van der Waals surface area contributed by atoms with Crippen LogP contribution in [-0.4, -0.2) is 42.9 Å². The van der Waals surface area contributed by atoms with Crippen molar-refractivity contribution < 1.29 is 26.0 Å². The number of piperidine rings is 1. The molecule has 0 spiro atoms. The summed E-state index contributed by atoms with van der Waals surface area (Å²) in [6.45, 7) is 4.47. The fraction of sp³-hybridized carbons (Fsp3) is 0.360. The highest BCUT2D eigenvalue weighted by Crippen LogP contribution is 2.40. The number of benzene rings is 1. The molecular formula is C25H24F4N4O2S. The summed E-state index contributed by atoms with van der Waals surface area (Å²) in [5.74, 6) is -0.472. The summed E-state index contributed by atoms with van der Waals surface area (Å²) < 4.78 is 83.5. The minimum atomic E-state index is -4.77. The first kappa shape index (κ1) is 24.6. The number of alkyl halides is 3. The van der Waals surface area contributed by atoms with Crippen molar-refractivity contribution in [2.24, 2.45) is 5.92 Å². The number of fused-ring (bicyclic) bond motifs is 2. The number of aromatic nitrogens is 2. The van der Waals surface area contributed by atoms with Gasteiger partial charge in [0, 0.05) is 23.7 Å². The smallest absolute Gasteiger partial charge is 0.303 e. The van der Waals surface area contributed by atoms with Crippen LogP contribution in [0.1, 0.15) is 35.6 Å². The molecule has 0 saturated carbocycles. The predicted octanol–water partition coefficient (Wildman–Crippen LogP) is 5.22. The first-order chi connectivity index (χ1) is 17.0. The Morgan fingerprint density at radius 1 is 1.03 bits per heavy atom. The molecule has 0 radical (unpaired) electrons. The third-order valence-electron chi connectivity index (χ3n) is 6.93. The van der Waals surface area contributed by atoms with Gasteiger partial charge in [-0.15, -0.1) is 0 Å². The maximum atomic E-state index is 13.9. The summed E-state index contributed by atoms with van der Waals surface area (Å²) >= 11 is 0. The van der Waals surface area contributed by atoms with Crippen LogP contribution in [0.25, 0.3) is 11.3 Å². The monoisotopic (exact) mass is 520 g/mol. The fourth-order valence-electron chi connectivity index (χ4n) is 5.12. The number of aryl methyl sites for hydroxylation is 1. The van der Waals surface area contributed by atoms with E-state index in [0.29, 0.717) is 17.2 Å². The maximum absolute atomic E-state index is 13.9. The number of rotatable bonds is 5. The Kier molecular flexibility index (Phi) is 6.24. The minimum Gasteiger partial charge on any atom is -0.303 e. The summed E-state index contributed by atoms with van der Waals surface area (Å²) in [5.41, 5.74) is -0.675. The maximum Gasteiger partial charge on any atom is 0.418 e. The number of halogens is 4. The molecule has 2 fully saturated rings. The van der Waals surface area contributed by atoms with Gasteiger partial charge in [0.2, 0.25) is 0 Å². The molecule has 2 saturated heterocycles. The molecule has 3 aromatic rings. The Balaban J connectivity index is 1.48. The molecule has 190 valence electrons. The average molecular weight is 521 g/mol. The molecule has 11 heteroatoms. The molecule has 36 heavy (non-hydrogen) atoms. The van der Waals surface area contributed by atoms with Crippen LogP contribution in [0.4, 0.5) is 23.4 Å². The van der Waals surface area contributed by atoms with Crippen LogP contribution in [0, 0.1) is 18.7 Å². The summed E-state index contributed by atoms with van der Waals surface area (Å²) in [6, 6.07) is 9.89. The van der Waals surface area contributed by atoms with Crippen molar-refractivity contribution in [3.8, 4) is 11.3 Å². The largest absolute Gasteiger partial charge is 0.418 e. The lowest BCUT2D eigenvalue weighted by Gasteiger charge is -2.30. The van der Waals surface area contributed by atoms with Crippen LogP contribution >= 0.6 is 0 Å². The van der Waals surface area contributed by atoms with E-state index in [4.69, 9.17) is 0 Å². The molecule has 6 nitrogen and oxygen atoms in total. The zero-order valence-corrected chi connectivity index (χ0v) is 20.2. The van der Waals surface area contributed by atoms with Crippen LogP contribution in [0.5, 0.6) is 0 Å². The Morgan fingerprint density at radius 2 is 1.81 bits per heavy atom. The van der Waals surface area contributed by atoms with Crippen molar-refractivity contribution in [2.75, 3.05) is 24.4 Å². The number of pyridine rings is 2. The van der Waals surface area contributed by atoms with Crippen molar-refractivity contribution in [1.82, 2.24) is 14.9 Å². The third-order valence-corrected chi connectivity index (χ3v) is 8.18. The van der Waals surface area contributed by atoms with Crippen molar-refractivity contribution >= 4 is 15.8 Å². The van der Waals surface area contributed by atoms with E-state index in [1.807, 2.05) is 6.07 Å². The highest BCUT2D eigenvalue weighted by Gasteiger charge is 2.37. The number of hydrogen-bond donors (Lipinski definition) is 1. The molecule has 2 aromatic heterocycles. The third kappa shape index (κ3) is 4.81. The lowest BCUT2D eigenvalue weighted by Crippen LogP contribution is -2.31. The van der Waals surface area contributed by atoms with Gasteiger partial charge in [-0.1, -0.05) is 12.1 Å². The van der Waals surface area contributed by atoms with Crippen LogP contribution in [-0.2, 0) is 16.2 Å². The van der Waals surface area contributed by atoms with Gasteiger partial charge < -0.3 is 4.90 Å². The van der Waals surface area contributed by atoms with Gasteiger partial charge in [-0.3, -0.25) is 4.72 Å². The van der Waals surface area contributed by atoms with Gasteiger partial charge in [-0.05, 0) is 80.7 Å². The van der Waals surface area contributed by atoms with E-state index in [9.17, 15) is 26.0 Å². The van der Waals surface area contributed by atoms with Crippen molar-refractivity contribution in [3.63, 3.8) is 0 Å². The number of nitrogens with one attached hydrogen (secondary N) is 1. The topological polar surface area (TPSA) is 75.2 Å². The lowest BCUT2D eigenvalue weighted by molar-refractivity contribution is -0.137. The molecule has 0 aliphatic carbocycles.